The van der Waals surface area contributed by atoms with Gasteiger partial charge >= 0.3 is 135 Å². The van der Waals surface area contributed by atoms with Crippen LogP contribution in [0.2, 0.25) is 17.3 Å². The van der Waals surface area contributed by atoms with Crippen LogP contribution in [-0.2, 0) is 20.1 Å². The SMILES string of the molecule is [2H]C(C)(C)c1ccnc(-c2[c-]ccc3c2oc2c(F)cccc23)c1.[CH3][Ge]([CH3])([CH3])[c]1cnc(-c2[c-]cccc2)cc1-c1ccccc1.[Ir]. The number of halogens is 1. The number of rotatable bonds is 5. The van der Waals surface area contributed by atoms with E-state index in [1.165, 1.54) is 21.6 Å². The molecule has 1 radical (unpaired) electrons. The Labute approximate surface area is 288 Å². The summed E-state index contributed by atoms with van der Waals surface area (Å²) in [6.45, 7) is 3.65. The van der Waals surface area contributed by atoms with Crippen LogP contribution in [0.3, 0.4) is 0 Å². The minimum atomic E-state index is -1.99. The Hall–Kier alpha value is -3.90. The number of fused-ring (bicyclic) bond motifs is 3. The van der Waals surface area contributed by atoms with Gasteiger partial charge in [-0.2, -0.15) is 0 Å². The van der Waals surface area contributed by atoms with Crippen molar-refractivity contribution in [3.8, 4) is 33.6 Å². The zero-order chi connectivity index (χ0) is 32.5. The van der Waals surface area contributed by atoms with Crippen LogP contribution in [0.25, 0.3) is 55.6 Å². The molecule has 0 saturated heterocycles. The first-order valence-corrected chi connectivity index (χ1v) is 22.4. The number of hydrogen-bond acceptors (Lipinski definition) is 3. The fourth-order valence-electron chi connectivity index (χ4n) is 5.41. The molecule has 3 heterocycles. The van der Waals surface area contributed by atoms with E-state index in [2.05, 4.69) is 83.0 Å². The molecule has 233 valence electrons. The molecule has 0 spiro atoms. The molecule has 7 aromatic rings. The summed E-state index contributed by atoms with van der Waals surface area (Å²) in [5.41, 5.74) is 7.64. The van der Waals surface area contributed by atoms with E-state index in [-0.39, 0.29) is 31.5 Å². The van der Waals surface area contributed by atoms with Crippen molar-refractivity contribution in [2.24, 2.45) is 0 Å². The summed E-state index contributed by atoms with van der Waals surface area (Å²) in [4.78, 5) is 9.11. The van der Waals surface area contributed by atoms with Gasteiger partial charge in [-0.3, -0.25) is 0 Å². The minimum Gasteiger partial charge on any atom is 0 e. The maximum absolute atomic E-state index is 14.0. The first-order chi connectivity index (χ1) is 22.0. The Bertz CT molecular complexity index is 2140. The third-order valence-electron chi connectivity index (χ3n) is 7.79. The van der Waals surface area contributed by atoms with Crippen LogP contribution in [0.5, 0.6) is 0 Å². The third kappa shape index (κ3) is 7.07. The van der Waals surface area contributed by atoms with Crippen LogP contribution in [0.15, 0.2) is 120 Å². The van der Waals surface area contributed by atoms with Crippen molar-refractivity contribution >= 4 is 39.6 Å². The van der Waals surface area contributed by atoms with E-state index in [0.29, 0.717) is 16.8 Å². The van der Waals surface area contributed by atoms with Gasteiger partial charge in [0.1, 0.15) is 0 Å². The van der Waals surface area contributed by atoms with E-state index in [1.54, 1.807) is 18.3 Å². The summed E-state index contributed by atoms with van der Waals surface area (Å²) in [5.74, 6) is 6.13. The van der Waals surface area contributed by atoms with Crippen LogP contribution in [-0.4, -0.2) is 23.2 Å². The summed E-state index contributed by atoms with van der Waals surface area (Å²) in [7, 11) is 0. The standard InChI is InChI=1S/C20H15FNO.C20H20GeN.Ir/c1-12(2)13-9-10-22-18(11-13)16-7-3-5-14-15-6-4-8-17(21)20(15)23-19(14)16;1-21(2,3)19-15-22-20(17-12-8-5-9-13-17)14-18(19)16-10-6-4-7-11-16;/h3-6,8-12H,1-2H3;4-12,14-15H,1-3H3;/q2*-1;/i12D;;. The normalized spacial score (nSPS) is 11.8. The van der Waals surface area contributed by atoms with Crippen molar-refractivity contribution in [2.45, 2.75) is 37.0 Å². The molecule has 0 aliphatic heterocycles. The molecule has 0 saturated carbocycles. The molecule has 0 bridgehead atoms. The van der Waals surface area contributed by atoms with Gasteiger partial charge in [0, 0.05) is 33.1 Å². The van der Waals surface area contributed by atoms with E-state index in [0.717, 1.165) is 27.6 Å². The molecule has 3 nitrogen and oxygen atoms in total. The van der Waals surface area contributed by atoms with Crippen molar-refractivity contribution < 1.29 is 30.3 Å². The topological polar surface area (TPSA) is 38.9 Å². The molecule has 4 aromatic carbocycles. The second-order valence-corrected chi connectivity index (χ2v) is 22.8. The number of hydrogen-bond donors (Lipinski definition) is 0. The average molecular weight is 845 g/mol. The van der Waals surface area contributed by atoms with Crippen molar-refractivity contribution in [2.75, 3.05) is 0 Å². The molecule has 46 heavy (non-hydrogen) atoms. The first kappa shape index (κ1) is 32.1. The summed E-state index contributed by atoms with van der Waals surface area (Å²) < 4.78 is 29.5. The van der Waals surface area contributed by atoms with Gasteiger partial charge in [-0.15, -0.1) is 18.2 Å². The van der Waals surface area contributed by atoms with Gasteiger partial charge in [-0.1, -0.05) is 48.6 Å². The van der Waals surface area contributed by atoms with Gasteiger partial charge in [0.25, 0.3) is 0 Å². The molecule has 0 fully saturated rings. The van der Waals surface area contributed by atoms with Crippen molar-refractivity contribution in [1.29, 1.82) is 0 Å². The van der Waals surface area contributed by atoms with E-state index in [1.807, 2.05) is 56.3 Å². The molecular weight excluding hydrogens is 808 g/mol. The Kier molecular flexibility index (Phi) is 9.93. The number of aromatic nitrogens is 2. The van der Waals surface area contributed by atoms with Gasteiger partial charge in [-0.05, 0) is 23.7 Å². The molecule has 7 rings (SSSR count). The number of para-hydroxylation sites is 1. The smallest absolute Gasteiger partial charge is 0 e. The maximum Gasteiger partial charge on any atom is 0 e. The molecule has 3 aromatic heterocycles. The first-order valence-electron chi connectivity index (χ1n) is 15.5. The quantitative estimate of drug-likeness (QED) is 0.128. The molecule has 0 unspecified atom stereocenters. The summed E-state index contributed by atoms with van der Waals surface area (Å²) >= 11 is -1.99. The van der Waals surface area contributed by atoms with Crippen molar-refractivity contribution in [3.05, 3.63) is 139 Å². The predicted molar refractivity (Wildman–Crippen MR) is 187 cm³/mol. The number of nitrogens with zero attached hydrogens (tertiary/aromatic N) is 2. The zero-order valence-corrected chi connectivity index (χ0v) is 31.0. The van der Waals surface area contributed by atoms with Gasteiger partial charge in [0.2, 0.25) is 0 Å². The number of pyridine rings is 2. The summed E-state index contributed by atoms with van der Waals surface area (Å²) in [6, 6.07) is 39.5. The number of benzene rings is 4. The third-order valence-corrected chi connectivity index (χ3v) is 12.0. The van der Waals surface area contributed by atoms with E-state index in [4.69, 9.17) is 10.8 Å². The molecule has 0 atom stereocenters. The van der Waals surface area contributed by atoms with Gasteiger partial charge in [-0.25, -0.2) is 4.39 Å². The summed E-state index contributed by atoms with van der Waals surface area (Å²) in [5, 5.41) is 1.56. The van der Waals surface area contributed by atoms with E-state index in [9.17, 15) is 4.39 Å². The Morgan fingerprint density at radius 3 is 2.26 bits per heavy atom. The second-order valence-electron chi connectivity index (χ2n) is 12.3. The Morgan fingerprint density at radius 2 is 1.54 bits per heavy atom. The fraction of sp³-hybridized carbons (Fsp3) is 0.150. The fourth-order valence-corrected chi connectivity index (χ4v) is 8.50. The minimum absolute atomic E-state index is 0. The Balaban J connectivity index is 0.000000181. The molecule has 0 amide bonds. The average Bonchev–Trinajstić information content (AvgIpc) is 3.45. The molecule has 0 N–H and O–H groups in total. The van der Waals surface area contributed by atoms with Crippen LogP contribution >= 0.6 is 0 Å². The van der Waals surface area contributed by atoms with Gasteiger partial charge in [0.05, 0.1) is 5.58 Å². The molecule has 0 aliphatic rings. The van der Waals surface area contributed by atoms with Gasteiger partial charge < -0.3 is 9.40 Å². The monoisotopic (exact) mass is 846 g/mol. The van der Waals surface area contributed by atoms with Crippen LogP contribution in [0.1, 0.15) is 26.7 Å². The van der Waals surface area contributed by atoms with Crippen LogP contribution in [0, 0.1) is 17.9 Å². The van der Waals surface area contributed by atoms with Gasteiger partial charge in [0.15, 0.2) is 11.4 Å². The number of furan rings is 1. The largest absolute Gasteiger partial charge is 0 e. The zero-order valence-electron chi connectivity index (χ0n) is 27.5. The van der Waals surface area contributed by atoms with E-state index >= 15 is 0 Å². The predicted octanol–water partition coefficient (Wildman–Crippen LogP) is 10.5. The molecule has 0 aliphatic carbocycles. The second kappa shape index (κ2) is 14.3. The van der Waals surface area contributed by atoms with Crippen molar-refractivity contribution in [3.63, 3.8) is 0 Å². The van der Waals surface area contributed by atoms with Crippen molar-refractivity contribution in [1.82, 2.24) is 9.97 Å². The molecular formula is C40H35FGeIrN2O-2. The summed E-state index contributed by atoms with van der Waals surface area (Å²) in [6.07, 6.45) is 3.77. The Morgan fingerprint density at radius 1 is 0.783 bits per heavy atom. The van der Waals surface area contributed by atoms with Crippen LogP contribution in [0.4, 0.5) is 4.39 Å². The van der Waals surface area contributed by atoms with E-state index < -0.39 is 19.2 Å². The van der Waals surface area contributed by atoms with Crippen LogP contribution < -0.4 is 4.40 Å². The molecule has 6 heteroatoms. The maximum atomic E-state index is 14.0.